The topological polar surface area (TPSA) is 49.4 Å². The zero-order chi connectivity index (χ0) is 20.5. The van der Waals surface area contributed by atoms with Crippen LogP contribution in [-0.2, 0) is 4.79 Å². The molecule has 0 saturated carbocycles. The first kappa shape index (κ1) is 20.4. The highest BCUT2D eigenvalue weighted by molar-refractivity contribution is 8.00. The molecule has 3 rings (SSSR count). The summed E-state index contributed by atoms with van der Waals surface area (Å²) in [6.45, 7) is 8.05. The zero-order valence-corrected chi connectivity index (χ0v) is 17.3. The van der Waals surface area contributed by atoms with Crippen molar-refractivity contribution >= 4 is 29.3 Å². The minimum atomic E-state index is -0.666. The Labute approximate surface area is 169 Å². The molecule has 1 saturated heterocycles. The lowest BCUT2D eigenvalue weighted by Gasteiger charge is -2.36. The molecule has 1 N–H and O–H groups in total. The second-order valence-electron chi connectivity index (χ2n) is 8.06. The summed E-state index contributed by atoms with van der Waals surface area (Å²) >= 11 is 1.59. The van der Waals surface area contributed by atoms with Gasteiger partial charge in [0.15, 0.2) is 0 Å². The molecule has 2 amide bonds. The number of anilines is 1. The smallest absolute Gasteiger partial charge is 0.255 e. The number of carbonyl (C=O) groups excluding carboxylic acids is 2. The quantitative estimate of drug-likeness (QED) is 0.812. The number of benzene rings is 2. The van der Waals surface area contributed by atoms with Crippen molar-refractivity contribution in [2.24, 2.45) is 5.41 Å². The predicted octanol–water partition coefficient (Wildman–Crippen LogP) is 4.70. The summed E-state index contributed by atoms with van der Waals surface area (Å²) in [5.41, 5.74) is 1.36. The molecular weight excluding hydrogens is 375 g/mol. The van der Waals surface area contributed by atoms with E-state index >= 15 is 0 Å². The summed E-state index contributed by atoms with van der Waals surface area (Å²) in [6.07, 6.45) is 0. The average molecular weight is 401 g/mol. The first-order valence-electron chi connectivity index (χ1n) is 9.25. The number of rotatable bonds is 3. The molecule has 0 aromatic heterocycles. The first-order chi connectivity index (χ1) is 13.2. The van der Waals surface area contributed by atoms with E-state index in [0.717, 1.165) is 5.56 Å². The van der Waals surface area contributed by atoms with Gasteiger partial charge in [-0.05, 0) is 36.1 Å². The molecule has 4 nitrogen and oxygen atoms in total. The third-order valence-corrected chi connectivity index (χ3v) is 6.54. The SMILES string of the molecule is Cc1ccccc1C(=O)N1C(C(=O)Nc2ccccc2F)CSC1C(C)(C)C. The van der Waals surface area contributed by atoms with Crippen molar-refractivity contribution in [1.82, 2.24) is 4.90 Å². The molecule has 148 valence electrons. The van der Waals surface area contributed by atoms with Crippen LogP contribution in [0.25, 0.3) is 0 Å². The number of para-hydroxylation sites is 1. The van der Waals surface area contributed by atoms with Crippen LogP contribution in [0.5, 0.6) is 0 Å². The first-order valence-corrected chi connectivity index (χ1v) is 10.3. The van der Waals surface area contributed by atoms with Gasteiger partial charge in [0.2, 0.25) is 5.91 Å². The Morgan fingerprint density at radius 2 is 1.75 bits per heavy atom. The van der Waals surface area contributed by atoms with Gasteiger partial charge in [-0.1, -0.05) is 51.1 Å². The Bertz CT molecular complexity index is 894. The van der Waals surface area contributed by atoms with Crippen molar-refractivity contribution in [2.45, 2.75) is 39.1 Å². The maximum absolute atomic E-state index is 14.0. The second kappa shape index (κ2) is 7.95. The molecule has 6 heteroatoms. The second-order valence-corrected chi connectivity index (χ2v) is 9.18. The normalized spacial score (nSPS) is 19.5. The monoisotopic (exact) mass is 400 g/mol. The molecule has 2 aromatic carbocycles. The van der Waals surface area contributed by atoms with Gasteiger partial charge in [0.1, 0.15) is 11.9 Å². The number of hydrogen-bond acceptors (Lipinski definition) is 3. The molecule has 0 radical (unpaired) electrons. The number of amides is 2. The number of nitrogens with zero attached hydrogens (tertiary/aromatic N) is 1. The van der Waals surface area contributed by atoms with Gasteiger partial charge >= 0.3 is 0 Å². The fourth-order valence-electron chi connectivity index (χ4n) is 3.35. The van der Waals surface area contributed by atoms with Crippen molar-refractivity contribution in [2.75, 3.05) is 11.1 Å². The highest BCUT2D eigenvalue weighted by Gasteiger charge is 2.46. The molecule has 1 fully saturated rings. The lowest BCUT2D eigenvalue weighted by Crippen LogP contribution is -2.51. The van der Waals surface area contributed by atoms with Crippen LogP contribution in [0, 0.1) is 18.2 Å². The zero-order valence-electron chi connectivity index (χ0n) is 16.5. The molecule has 2 aromatic rings. The van der Waals surface area contributed by atoms with Crippen molar-refractivity contribution in [3.63, 3.8) is 0 Å². The van der Waals surface area contributed by atoms with Crippen LogP contribution in [-0.4, -0.2) is 33.9 Å². The van der Waals surface area contributed by atoms with Crippen LogP contribution in [0.15, 0.2) is 48.5 Å². The Morgan fingerprint density at radius 3 is 2.39 bits per heavy atom. The van der Waals surface area contributed by atoms with E-state index in [1.807, 2.05) is 25.1 Å². The van der Waals surface area contributed by atoms with Gasteiger partial charge in [0, 0.05) is 11.3 Å². The fourth-order valence-corrected chi connectivity index (χ4v) is 4.93. The van der Waals surface area contributed by atoms with E-state index in [9.17, 15) is 14.0 Å². The number of aryl methyl sites for hydroxylation is 1. The summed E-state index contributed by atoms with van der Waals surface area (Å²) in [6, 6.07) is 12.8. The van der Waals surface area contributed by atoms with Gasteiger partial charge in [-0.25, -0.2) is 4.39 Å². The Balaban J connectivity index is 1.93. The molecule has 1 aliphatic rings. The third kappa shape index (κ3) is 4.07. The lowest BCUT2D eigenvalue weighted by molar-refractivity contribution is -0.120. The van der Waals surface area contributed by atoms with Gasteiger partial charge in [0.05, 0.1) is 11.1 Å². The van der Waals surface area contributed by atoms with Crippen LogP contribution >= 0.6 is 11.8 Å². The summed E-state index contributed by atoms with van der Waals surface area (Å²) in [5, 5.41) is 2.50. The predicted molar refractivity (Wildman–Crippen MR) is 112 cm³/mol. The van der Waals surface area contributed by atoms with E-state index in [1.165, 1.54) is 12.1 Å². The Hall–Kier alpha value is -2.34. The van der Waals surface area contributed by atoms with Gasteiger partial charge in [-0.15, -0.1) is 11.8 Å². The molecule has 1 heterocycles. The van der Waals surface area contributed by atoms with E-state index in [-0.39, 0.29) is 28.3 Å². The van der Waals surface area contributed by atoms with Crippen LogP contribution in [0.2, 0.25) is 0 Å². The fraction of sp³-hybridized carbons (Fsp3) is 0.364. The molecule has 2 atom stereocenters. The number of carbonyl (C=O) groups is 2. The molecule has 28 heavy (non-hydrogen) atoms. The van der Waals surface area contributed by atoms with Crippen molar-refractivity contribution in [1.29, 1.82) is 0 Å². The van der Waals surface area contributed by atoms with Crippen molar-refractivity contribution in [3.05, 3.63) is 65.5 Å². The molecule has 0 spiro atoms. The summed E-state index contributed by atoms with van der Waals surface area (Å²) < 4.78 is 14.0. The van der Waals surface area contributed by atoms with E-state index in [2.05, 4.69) is 26.1 Å². The highest BCUT2D eigenvalue weighted by atomic mass is 32.2. The van der Waals surface area contributed by atoms with Crippen molar-refractivity contribution in [3.8, 4) is 0 Å². The van der Waals surface area contributed by atoms with Gasteiger partial charge in [-0.2, -0.15) is 0 Å². The number of hydrogen-bond donors (Lipinski definition) is 1. The van der Waals surface area contributed by atoms with E-state index in [0.29, 0.717) is 11.3 Å². The van der Waals surface area contributed by atoms with E-state index in [1.54, 1.807) is 34.9 Å². The molecular formula is C22H25FN2O2S. The standard InChI is InChI=1S/C22H25FN2O2S/c1-14-9-5-6-10-15(14)20(27)25-18(13-28-21(25)22(2,3)4)19(26)24-17-12-8-7-11-16(17)23/h5-12,18,21H,13H2,1-4H3,(H,24,26). The lowest BCUT2D eigenvalue weighted by atomic mass is 9.94. The van der Waals surface area contributed by atoms with E-state index in [4.69, 9.17) is 0 Å². The summed E-state index contributed by atoms with van der Waals surface area (Å²) in [5.74, 6) is -0.562. The molecule has 0 aliphatic carbocycles. The highest BCUT2D eigenvalue weighted by Crippen LogP contribution is 2.41. The molecule has 2 unspecified atom stereocenters. The Kier molecular flexibility index (Phi) is 5.79. The van der Waals surface area contributed by atoms with Gasteiger partial charge in [0.25, 0.3) is 5.91 Å². The van der Waals surface area contributed by atoms with Crippen LogP contribution in [0.1, 0.15) is 36.7 Å². The minimum Gasteiger partial charge on any atom is -0.322 e. The Morgan fingerprint density at radius 1 is 1.11 bits per heavy atom. The van der Waals surface area contributed by atoms with Crippen molar-refractivity contribution < 1.29 is 14.0 Å². The molecule has 0 bridgehead atoms. The minimum absolute atomic E-state index is 0.125. The van der Waals surface area contributed by atoms with E-state index < -0.39 is 11.9 Å². The maximum Gasteiger partial charge on any atom is 0.255 e. The average Bonchev–Trinajstić information content (AvgIpc) is 3.09. The van der Waals surface area contributed by atoms with Gasteiger partial charge < -0.3 is 10.2 Å². The largest absolute Gasteiger partial charge is 0.322 e. The number of thioether (sulfide) groups is 1. The van der Waals surface area contributed by atoms with Crippen LogP contribution in [0.3, 0.4) is 0 Å². The van der Waals surface area contributed by atoms with Gasteiger partial charge in [-0.3, -0.25) is 9.59 Å². The maximum atomic E-state index is 14.0. The number of halogens is 1. The van der Waals surface area contributed by atoms with Crippen LogP contribution in [0.4, 0.5) is 10.1 Å². The third-order valence-electron chi connectivity index (χ3n) is 4.79. The molecule has 1 aliphatic heterocycles. The summed E-state index contributed by atoms with van der Waals surface area (Å²) in [4.78, 5) is 28.1. The number of nitrogens with one attached hydrogen (secondary N) is 1. The summed E-state index contributed by atoms with van der Waals surface area (Å²) in [7, 11) is 0. The van der Waals surface area contributed by atoms with Crippen LogP contribution < -0.4 is 5.32 Å².